The number of nitrogens with one attached hydrogen (secondary N) is 2. The third kappa shape index (κ3) is 13.5. The number of hydrogen-bond donors (Lipinski definition) is 8. The summed E-state index contributed by atoms with van der Waals surface area (Å²) in [6.45, 7) is -0.559. The number of halogens is 2. The minimum Gasteiger partial charge on any atom is -0.505 e. The number of anilines is 3. The maximum Gasteiger partial charge on any atom is 0.296 e. The standard InChI is InChI=1S/C28H23Cl2N9O19S6/c29-26-33-27(30)35-28(34-26)32-13-1-6-21(63(48,49)50)19(9-13)37-39-24-20(59-57-55-41)11-16-15(25(24)40)3-5-18(31-12-62(45,46)47)23(16)38-36-17-4-2-14(10-22(17)64(51,52)53)61(43,44)8-7-54-60-58-56-42/h1-6,9-11,31,40-42H,7-8,12H2,(H,45,46,47)(H,48,49,50)(H,51,52,53)(H,32,33,34,35). The highest BCUT2D eigenvalue weighted by Gasteiger charge is 2.25. The number of aromatic nitrogens is 3. The third-order valence-corrected chi connectivity index (χ3v) is 12.8. The first-order valence-electron chi connectivity index (χ1n) is 16.1. The van der Waals surface area contributed by atoms with Crippen LogP contribution in [0.15, 0.2) is 94.6 Å². The fourth-order valence-corrected chi connectivity index (χ4v) is 8.90. The Bertz CT molecular complexity index is 3080. The molecule has 36 heteroatoms. The molecule has 0 aliphatic rings. The Morgan fingerprint density at radius 2 is 1.36 bits per heavy atom. The molecule has 0 saturated heterocycles. The predicted molar refractivity (Wildman–Crippen MR) is 221 cm³/mol. The van der Waals surface area contributed by atoms with Crippen molar-refractivity contribution in [1.29, 1.82) is 0 Å². The van der Waals surface area contributed by atoms with E-state index in [9.17, 15) is 52.4 Å². The molecule has 5 rings (SSSR count). The smallest absolute Gasteiger partial charge is 0.296 e. The van der Waals surface area contributed by atoms with Crippen molar-refractivity contribution in [3.8, 4) is 5.75 Å². The Morgan fingerprint density at radius 1 is 0.703 bits per heavy atom. The fraction of sp³-hybridized carbons (Fsp3) is 0.107. The van der Waals surface area contributed by atoms with Crippen LogP contribution >= 0.6 is 47.6 Å². The molecule has 64 heavy (non-hydrogen) atoms. The van der Waals surface area contributed by atoms with Crippen molar-refractivity contribution in [2.45, 2.75) is 19.6 Å². The molecule has 4 aromatic carbocycles. The van der Waals surface area contributed by atoms with Crippen LogP contribution in [0.25, 0.3) is 10.8 Å². The predicted octanol–water partition coefficient (Wildman–Crippen LogP) is 6.57. The van der Waals surface area contributed by atoms with Crippen molar-refractivity contribution in [2.75, 3.05) is 28.9 Å². The van der Waals surface area contributed by atoms with E-state index in [0.29, 0.717) is 6.07 Å². The molecule has 0 unspecified atom stereocenters. The third-order valence-electron chi connectivity index (χ3n) is 7.50. The maximum atomic E-state index is 12.9. The topological polar surface area (TPSA) is 416 Å². The minimum atomic E-state index is -5.27. The summed E-state index contributed by atoms with van der Waals surface area (Å²) < 4.78 is 141. The van der Waals surface area contributed by atoms with E-state index in [-0.39, 0.29) is 67.9 Å². The van der Waals surface area contributed by atoms with Crippen LogP contribution in [-0.4, -0.2) is 96.1 Å². The lowest BCUT2D eigenvalue weighted by Gasteiger charge is -2.14. The van der Waals surface area contributed by atoms with Gasteiger partial charge >= 0.3 is 0 Å². The molecular weight excluding hydrogens is 1030 g/mol. The summed E-state index contributed by atoms with van der Waals surface area (Å²) in [5.41, 5.74) is -2.48. The van der Waals surface area contributed by atoms with E-state index in [0.717, 1.165) is 42.5 Å². The lowest BCUT2D eigenvalue weighted by Crippen LogP contribution is -2.13. The number of phenols is 1. The Labute approximate surface area is 377 Å². The summed E-state index contributed by atoms with van der Waals surface area (Å²) in [6.07, 6.45) is 0. The second-order valence-corrected chi connectivity index (χ2v) is 19.9. The number of benzene rings is 4. The molecule has 0 saturated carbocycles. The quantitative estimate of drug-likeness (QED) is 0.00962. The zero-order chi connectivity index (χ0) is 47.0. The van der Waals surface area contributed by atoms with Gasteiger partial charge in [-0.05, 0) is 77.8 Å². The average Bonchev–Trinajstić information content (AvgIpc) is 3.19. The molecule has 0 fully saturated rings. The van der Waals surface area contributed by atoms with Crippen LogP contribution in [0.1, 0.15) is 0 Å². The van der Waals surface area contributed by atoms with E-state index in [2.05, 4.69) is 64.8 Å². The van der Waals surface area contributed by atoms with Gasteiger partial charge in [0.05, 0.1) is 39.9 Å². The second-order valence-electron chi connectivity index (χ2n) is 11.6. The largest absolute Gasteiger partial charge is 0.505 e. The van der Waals surface area contributed by atoms with Gasteiger partial charge in [0.2, 0.25) is 16.5 Å². The van der Waals surface area contributed by atoms with E-state index in [4.69, 9.17) is 37.9 Å². The van der Waals surface area contributed by atoms with Gasteiger partial charge in [0.15, 0.2) is 27.9 Å². The number of nitrogens with zero attached hydrogens (tertiary/aromatic N) is 7. The lowest BCUT2D eigenvalue weighted by atomic mass is 10.1. The summed E-state index contributed by atoms with van der Waals surface area (Å²) in [4.78, 5) is 8.38. The maximum absolute atomic E-state index is 12.9. The van der Waals surface area contributed by atoms with Gasteiger partial charge in [-0.15, -0.1) is 29.1 Å². The van der Waals surface area contributed by atoms with Crippen LogP contribution < -0.4 is 10.6 Å². The molecule has 0 amide bonds. The van der Waals surface area contributed by atoms with Crippen molar-refractivity contribution in [1.82, 2.24) is 15.0 Å². The Morgan fingerprint density at radius 3 is 2.00 bits per heavy atom. The first-order valence-corrected chi connectivity index (χ1v) is 24.4. The molecule has 28 nitrogen and oxygen atoms in total. The first kappa shape index (κ1) is 50.4. The van der Waals surface area contributed by atoms with Crippen LogP contribution in [0.2, 0.25) is 10.6 Å². The van der Waals surface area contributed by atoms with Crippen LogP contribution in [-0.2, 0) is 63.1 Å². The van der Waals surface area contributed by atoms with Crippen molar-refractivity contribution in [3.05, 3.63) is 65.2 Å². The van der Waals surface area contributed by atoms with Gasteiger partial charge in [0.25, 0.3) is 30.4 Å². The zero-order valence-electron chi connectivity index (χ0n) is 30.6. The SMILES string of the molecule is O=S(=O)(O)CNc1ccc2c(O)c(N=Nc3cc(Nc4nc(Cl)nc(Cl)n4)ccc3S(=O)(=O)O)c(SOOO)cc2c1N=Nc1ccc(S(=O)(=O)CCOSOOO)cc1S(=O)(=O)O. The van der Waals surface area contributed by atoms with Crippen LogP contribution in [0.4, 0.5) is 40.1 Å². The van der Waals surface area contributed by atoms with Crippen LogP contribution in [0.5, 0.6) is 5.75 Å². The van der Waals surface area contributed by atoms with Crippen molar-refractivity contribution in [3.63, 3.8) is 0 Å². The van der Waals surface area contributed by atoms with Gasteiger partial charge in [-0.3, -0.25) is 17.8 Å². The van der Waals surface area contributed by atoms with Crippen molar-refractivity contribution in [2.24, 2.45) is 20.5 Å². The summed E-state index contributed by atoms with van der Waals surface area (Å²) >= 11 is 11.9. The van der Waals surface area contributed by atoms with Gasteiger partial charge in [0, 0.05) is 16.5 Å². The summed E-state index contributed by atoms with van der Waals surface area (Å²) in [6, 6.07) is 8.74. The highest BCUT2D eigenvalue weighted by Crippen LogP contribution is 2.49. The normalized spacial score (nSPS) is 12.7. The molecule has 8 N–H and O–H groups in total. The summed E-state index contributed by atoms with van der Waals surface area (Å²) in [5.74, 6) is -2.93. The molecule has 0 aliphatic carbocycles. The van der Waals surface area contributed by atoms with E-state index in [1.807, 2.05) is 0 Å². The number of hydrogen-bond acceptors (Lipinski definition) is 27. The molecule has 0 spiro atoms. The van der Waals surface area contributed by atoms with Crippen LogP contribution in [0, 0.1) is 0 Å². The molecular formula is C28H23Cl2N9O19S6. The Kier molecular flexibility index (Phi) is 16.7. The number of rotatable bonds is 21. The van der Waals surface area contributed by atoms with Gasteiger partial charge in [0.1, 0.15) is 38.4 Å². The molecule has 1 heterocycles. The summed E-state index contributed by atoms with van der Waals surface area (Å²) in [7, 11) is -19.3. The van der Waals surface area contributed by atoms with E-state index in [1.165, 1.54) is 6.07 Å². The highest BCUT2D eigenvalue weighted by molar-refractivity contribution is 7.94. The van der Waals surface area contributed by atoms with E-state index >= 15 is 0 Å². The van der Waals surface area contributed by atoms with Crippen molar-refractivity contribution < 1.29 is 85.9 Å². The Balaban J connectivity index is 1.66. The highest BCUT2D eigenvalue weighted by atomic mass is 35.5. The molecule has 344 valence electrons. The summed E-state index contributed by atoms with van der Waals surface area (Å²) in [5, 5.41) is 55.3. The number of sulfone groups is 1. The number of fused-ring (bicyclic) bond motifs is 1. The Hall–Kier alpha value is -4.57. The van der Waals surface area contributed by atoms with Gasteiger partial charge in [-0.25, -0.2) is 18.9 Å². The van der Waals surface area contributed by atoms with Gasteiger partial charge < -0.3 is 15.7 Å². The first-order chi connectivity index (χ1) is 30.0. The monoisotopic (exact) mass is 1050 g/mol. The lowest BCUT2D eigenvalue weighted by molar-refractivity contribution is -0.434. The van der Waals surface area contributed by atoms with Gasteiger partial charge in [-0.2, -0.15) is 40.2 Å². The minimum absolute atomic E-state index is 0.0351. The van der Waals surface area contributed by atoms with Crippen LogP contribution in [0.3, 0.4) is 0 Å². The number of azo groups is 2. The van der Waals surface area contributed by atoms with E-state index < -0.39 is 102 Å². The van der Waals surface area contributed by atoms with Crippen molar-refractivity contribution >= 4 is 139 Å². The number of aromatic hydroxyl groups is 1. The molecule has 0 atom stereocenters. The molecule has 5 aromatic rings. The molecule has 1 aromatic heterocycles. The fourth-order valence-electron chi connectivity index (χ4n) is 4.95. The van der Waals surface area contributed by atoms with Gasteiger partial charge in [-0.1, -0.05) is 10.1 Å². The van der Waals surface area contributed by atoms with E-state index in [1.54, 1.807) is 0 Å². The molecule has 0 aliphatic heterocycles. The number of phenolic OH excluding ortho intramolecular Hbond substituents is 1. The average molecular weight is 1050 g/mol. The zero-order valence-corrected chi connectivity index (χ0v) is 37.1. The second kappa shape index (κ2) is 21.2. The molecule has 0 bridgehead atoms. The molecule has 0 radical (unpaired) electrons.